The van der Waals surface area contributed by atoms with Crippen molar-refractivity contribution < 1.29 is 0 Å². The van der Waals surface area contributed by atoms with Crippen LogP contribution in [0, 0.1) is 11.3 Å². The number of aromatic nitrogens is 2. The maximum absolute atomic E-state index is 4.30. The van der Waals surface area contributed by atoms with E-state index in [9.17, 15) is 0 Å². The maximum Gasteiger partial charge on any atom is 0.131 e. The molecule has 0 unspecified atom stereocenters. The summed E-state index contributed by atoms with van der Waals surface area (Å²) in [5.74, 6) is 1.91. The quantitative estimate of drug-likeness (QED) is 0.727. The van der Waals surface area contributed by atoms with Gasteiger partial charge >= 0.3 is 0 Å². The standard InChI is InChI=1S/C13H21N3/c1-13(2,3)11-5-8-16(9-6-11)12-4-7-14-10-15-12/h4,7,10-11H,5-6,8-9H2,1-3H3. The highest BCUT2D eigenvalue weighted by Gasteiger charge is 2.28. The molecule has 0 spiro atoms. The van der Waals surface area contributed by atoms with E-state index in [0.29, 0.717) is 5.41 Å². The van der Waals surface area contributed by atoms with Gasteiger partial charge in [0.05, 0.1) is 0 Å². The average Bonchev–Trinajstić information content (AvgIpc) is 2.29. The van der Waals surface area contributed by atoms with Gasteiger partial charge in [-0.05, 0) is 30.2 Å². The molecule has 0 aromatic carbocycles. The first-order valence-corrected chi connectivity index (χ1v) is 6.08. The summed E-state index contributed by atoms with van der Waals surface area (Å²) < 4.78 is 0. The zero-order valence-corrected chi connectivity index (χ0v) is 10.5. The van der Waals surface area contributed by atoms with Crippen LogP contribution in [0.4, 0.5) is 5.82 Å². The van der Waals surface area contributed by atoms with Crippen LogP contribution in [0.25, 0.3) is 0 Å². The third-order valence-corrected chi connectivity index (χ3v) is 3.61. The van der Waals surface area contributed by atoms with Gasteiger partial charge in [0, 0.05) is 19.3 Å². The summed E-state index contributed by atoms with van der Waals surface area (Å²) >= 11 is 0. The molecule has 0 N–H and O–H groups in total. The van der Waals surface area contributed by atoms with Gasteiger partial charge in [-0.15, -0.1) is 0 Å². The van der Waals surface area contributed by atoms with E-state index in [0.717, 1.165) is 24.8 Å². The average molecular weight is 219 g/mol. The molecule has 1 aliphatic heterocycles. The van der Waals surface area contributed by atoms with E-state index < -0.39 is 0 Å². The molecule has 3 nitrogen and oxygen atoms in total. The Bertz CT molecular complexity index is 321. The first-order chi connectivity index (χ1) is 7.57. The minimum absolute atomic E-state index is 0.442. The number of hydrogen-bond acceptors (Lipinski definition) is 3. The summed E-state index contributed by atoms with van der Waals surface area (Å²) in [6, 6.07) is 2.00. The summed E-state index contributed by atoms with van der Waals surface area (Å²) in [6.45, 7) is 9.28. The van der Waals surface area contributed by atoms with Crippen LogP contribution in [0.2, 0.25) is 0 Å². The molecule has 2 heterocycles. The van der Waals surface area contributed by atoms with Crippen molar-refractivity contribution in [3.63, 3.8) is 0 Å². The van der Waals surface area contributed by atoms with Crippen molar-refractivity contribution in [2.24, 2.45) is 11.3 Å². The Morgan fingerprint density at radius 1 is 1.25 bits per heavy atom. The number of rotatable bonds is 1. The lowest BCUT2D eigenvalue weighted by atomic mass is 9.75. The molecule has 0 amide bonds. The predicted octanol–water partition coefficient (Wildman–Crippen LogP) is 2.74. The van der Waals surface area contributed by atoms with Crippen molar-refractivity contribution in [2.45, 2.75) is 33.6 Å². The molecule has 16 heavy (non-hydrogen) atoms. The lowest BCUT2D eigenvalue weighted by molar-refractivity contribution is 0.198. The zero-order valence-electron chi connectivity index (χ0n) is 10.5. The van der Waals surface area contributed by atoms with Crippen LogP contribution in [-0.4, -0.2) is 23.1 Å². The van der Waals surface area contributed by atoms with Crippen molar-refractivity contribution in [1.29, 1.82) is 0 Å². The molecule has 1 fully saturated rings. The van der Waals surface area contributed by atoms with E-state index in [4.69, 9.17) is 0 Å². The molecule has 0 aliphatic carbocycles. The van der Waals surface area contributed by atoms with Crippen LogP contribution in [0.1, 0.15) is 33.6 Å². The van der Waals surface area contributed by atoms with E-state index in [1.165, 1.54) is 12.8 Å². The normalized spacial score (nSPS) is 18.8. The summed E-state index contributed by atoms with van der Waals surface area (Å²) in [7, 11) is 0. The number of anilines is 1. The van der Waals surface area contributed by atoms with Gasteiger partial charge in [-0.1, -0.05) is 20.8 Å². The minimum Gasteiger partial charge on any atom is -0.357 e. The van der Waals surface area contributed by atoms with Crippen LogP contribution in [0.15, 0.2) is 18.6 Å². The lowest BCUT2D eigenvalue weighted by Crippen LogP contribution is -2.38. The van der Waals surface area contributed by atoms with Crippen LogP contribution in [0.5, 0.6) is 0 Å². The highest BCUT2D eigenvalue weighted by Crippen LogP contribution is 2.34. The fraction of sp³-hybridized carbons (Fsp3) is 0.692. The van der Waals surface area contributed by atoms with Gasteiger partial charge in [0.15, 0.2) is 0 Å². The van der Waals surface area contributed by atoms with Crippen LogP contribution in [-0.2, 0) is 0 Å². The summed E-state index contributed by atoms with van der Waals surface area (Å²) in [6.07, 6.45) is 5.99. The molecule has 2 rings (SSSR count). The second-order valence-electron chi connectivity index (χ2n) is 5.69. The zero-order chi connectivity index (χ0) is 11.6. The number of nitrogens with zero attached hydrogens (tertiary/aromatic N) is 3. The fourth-order valence-electron chi connectivity index (χ4n) is 2.45. The van der Waals surface area contributed by atoms with Gasteiger partial charge in [-0.25, -0.2) is 9.97 Å². The number of hydrogen-bond donors (Lipinski definition) is 0. The van der Waals surface area contributed by atoms with E-state index >= 15 is 0 Å². The Labute approximate surface area is 97.9 Å². The van der Waals surface area contributed by atoms with Crippen molar-refractivity contribution in [1.82, 2.24) is 9.97 Å². The largest absolute Gasteiger partial charge is 0.357 e. The first kappa shape index (κ1) is 11.4. The van der Waals surface area contributed by atoms with Crippen LogP contribution >= 0.6 is 0 Å². The molecule has 1 aromatic heterocycles. The van der Waals surface area contributed by atoms with E-state index in [-0.39, 0.29) is 0 Å². The molecule has 0 atom stereocenters. The molecule has 3 heteroatoms. The van der Waals surface area contributed by atoms with E-state index in [1.54, 1.807) is 6.33 Å². The van der Waals surface area contributed by atoms with Gasteiger partial charge in [0.1, 0.15) is 12.1 Å². The van der Waals surface area contributed by atoms with Crippen LogP contribution < -0.4 is 4.90 Å². The molecule has 1 aromatic rings. The lowest BCUT2D eigenvalue weighted by Gasteiger charge is -2.39. The van der Waals surface area contributed by atoms with Crippen molar-refractivity contribution >= 4 is 5.82 Å². The number of piperidine rings is 1. The third kappa shape index (κ3) is 2.52. The Kier molecular flexibility index (Phi) is 3.13. The Balaban J connectivity index is 1.96. The molecule has 1 aliphatic rings. The van der Waals surface area contributed by atoms with Gasteiger partial charge < -0.3 is 4.90 Å². The van der Waals surface area contributed by atoms with Gasteiger partial charge in [-0.3, -0.25) is 0 Å². The first-order valence-electron chi connectivity index (χ1n) is 6.08. The van der Waals surface area contributed by atoms with E-state index in [2.05, 4.69) is 35.6 Å². The topological polar surface area (TPSA) is 29.0 Å². The molecular formula is C13H21N3. The highest BCUT2D eigenvalue weighted by atomic mass is 15.2. The maximum atomic E-state index is 4.30. The molecule has 88 valence electrons. The Morgan fingerprint density at radius 3 is 2.44 bits per heavy atom. The molecule has 0 radical (unpaired) electrons. The summed E-state index contributed by atoms with van der Waals surface area (Å²) in [5, 5.41) is 0. The van der Waals surface area contributed by atoms with Crippen LogP contribution in [0.3, 0.4) is 0 Å². The van der Waals surface area contributed by atoms with E-state index in [1.807, 2.05) is 12.3 Å². The molecule has 0 bridgehead atoms. The molecular weight excluding hydrogens is 198 g/mol. The second-order valence-corrected chi connectivity index (χ2v) is 5.69. The third-order valence-electron chi connectivity index (χ3n) is 3.61. The smallest absolute Gasteiger partial charge is 0.131 e. The summed E-state index contributed by atoms with van der Waals surface area (Å²) in [5.41, 5.74) is 0.442. The minimum atomic E-state index is 0.442. The van der Waals surface area contributed by atoms with Crippen molar-refractivity contribution in [3.8, 4) is 0 Å². The second kappa shape index (κ2) is 4.40. The molecule has 1 saturated heterocycles. The fourth-order valence-corrected chi connectivity index (χ4v) is 2.45. The SMILES string of the molecule is CC(C)(C)C1CCN(c2ccncn2)CC1. The summed E-state index contributed by atoms with van der Waals surface area (Å²) in [4.78, 5) is 10.6. The molecule has 0 saturated carbocycles. The van der Waals surface area contributed by atoms with Gasteiger partial charge in [-0.2, -0.15) is 0 Å². The van der Waals surface area contributed by atoms with Gasteiger partial charge in [0.2, 0.25) is 0 Å². The Morgan fingerprint density at radius 2 is 1.94 bits per heavy atom. The highest BCUT2D eigenvalue weighted by molar-refractivity contribution is 5.36. The monoisotopic (exact) mass is 219 g/mol. The van der Waals surface area contributed by atoms with Gasteiger partial charge in [0.25, 0.3) is 0 Å². The van der Waals surface area contributed by atoms with Crippen molar-refractivity contribution in [2.75, 3.05) is 18.0 Å². The van der Waals surface area contributed by atoms with Crippen molar-refractivity contribution in [3.05, 3.63) is 18.6 Å². The Hall–Kier alpha value is -1.12. The predicted molar refractivity (Wildman–Crippen MR) is 66.4 cm³/mol.